The Kier molecular flexibility index (Phi) is 7.24. The molecule has 1 N–H and O–H groups in total. The highest BCUT2D eigenvalue weighted by Gasteiger charge is 2.27. The Morgan fingerprint density at radius 3 is 2.60 bits per heavy atom. The van der Waals surface area contributed by atoms with Gasteiger partial charge >= 0.3 is 5.69 Å². The summed E-state index contributed by atoms with van der Waals surface area (Å²) in [5.74, 6) is 0.573. The summed E-state index contributed by atoms with van der Waals surface area (Å²) in [7, 11) is 1.64. The number of carbonyl (C=O) groups excluding carboxylic acids is 1. The van der Waals surface area contributed by atoms with Gasteiger partial charge < -0.3 is 14.8 Å². The van der Waals surface area contributed by atoms with Crippen LogP contribution in [0.25, 0.3) is 0 Å². The molecular formula is C22H27N3O5. The van der Waals surface area contributed by atoms with Gasteiger partial charge in [-0.2, -0.15) is 0 Å². The molecule has 30 heavy (non-hydrogen) atoms. The van der Waals surface area contributed by atoms with Crippen LogP contribution in [0.5, 0.6) is 11.5 Å². The van der Waals surface area contributed by atoms with Crippen molar-refractivity contribution in [2.75, 3.05) is 33.4 Å². The Bertz CT molecular complexity index is 896. The first-order valence-corrected chi connectivity index (χ1v) is 10.1. The zero-order chi connectivity index (χ0) is 21.5. The van der Waals surface area contributed by atoms with Gasteiger partial charge in [0, 0.05) is 23.7 Å². The molecule has 1 aliphatic heterocycles. The average molecular weight is 413 g/mol. The normalized spacial score (nSPS) is 14.9. The number of rotatable bonds is 9. The highest BCUT2D eigenvalue weighted by molar-refractivity contribution is 5.95. The maximum atomic E-state index is 12.8. The van der Waals surface area contributed by atoms with Crippen LogP contribution in [0.15, 0.2) is 42.5 Å². The molecule has 8 nitrogen and oxygen atoms in total. The first-order valence-electron chi connectivity index (χ1n) is 10.1. The molecule has 2 aromatic rings. The SMILES string of the molecule is CCOc1ccc(C(=O)NCC(c2ccccc2OC)N2CCCC2)cc1[N+](=O)[O-]. The number of hydrogen-bond donors (Lipinski definition) is 1. The van der Waals surface area contributed by atoms with Gasteiger partial charge in [0.05, 0.1) is 24.7 Å². The van der Waals surface area contributed by atoms with E-state index in [9.17, 15) is 14.9 Å². The summed E-state index contributed by atoms with van der Waals surface area (Å²) in [6.45, 7) is 4.34. The predicted molar refractivity (Wildman–Crippen MR) is 113 cm³/mol. The summed E-state index contributed by atoms with van der Waals surface area (Å²) in [5.41, 5.74) is 1.02. The molecule has 0 radical (unpaired) electrons. The second-order valence-electron chi connectivity index (χ2n) is 7.08. The van der Waals surface area contributed by atoms with Crippen molar-refractivity contribution < 1.29 is 19.2 Å². The lowest BCUT2D eigenvalue weighted by molar-refractivity contribution is -0.385. The maximum Gasteiger partial charge on any atom is 0.311 e. The fourth-order valence-electron chi connectivity index (χ4n) is 3.80. The number of nitrogens with zero attached hydrogens (tertiary/aromatic N) is 2. The van der Waals surface area contributed by atoms with Crippen LogP contribution in [0.1, 0.15) is 41.7 Å². The molecule has 2 aromatic carbocycles. The van der Waals surface area contributed by atoms with Gasteiger partial charge in [-0.05, 0) is 51.1 Å². The fraction of sp³-hybridized carbons (Fsp3) is 0.409. The van der Waals surface area contributed by atoms with Crippen molar-refractivity contribution >= 4 is 11.6 Å². The molecule has 3 rings (SSSR count). The maximum absolute atomic E-state index is 12.8. The van der Waals surface area contributed by atoms with Crippen molar-refractivity contribution in [3.8, 4) is 11.5 Å². The fourth-order valence-corrected chi connectivity index (χ4v) is 3.80. The number of methoxy groups -OCH3 is 1. The van der Waals surface area contributed by atoms with Crippen LogP contribution in [-0.2, 0) is 0 Å². The first-order chi connectivity index (χ1) is 14.5. The molecule has 0 saturated carbocycles. The number of nitro benzene ring substituents is 1. The van der Waals surface area contributed by atoms with Crippen molar-refractivity contribution in [3.63, 3.8) is 0 Å². The zero-order valence-electron chi connectivity index (χ0n) is 17.3. The van der Waals surface area contributed by atoms with Gasteiger partial charge in [-0.25, -0.2) is 0 Å². The van der Waals surface area contributed by atoms with Crippen LogP contribution in [0.4, 0.5) is 5.69 Å². The van der Waals surface area contributed by atoms with E-state index in [-0.39, 0.29) is 28.9 Å². The second-order valence-corrected chi connectivity index (χ2v) is 7.08. The third-order valence-electron chi connectivity index (χ3n) is 5.25. The Morgan fingerprint density at radius 1 is 1.20 bits per heavy atom. The minimum Gasteiger partial charge on any atom is -0.496 e. The minimum absolute atomic E-state index is 0.0368. The number of nitro groups is 1. The molecule has 8 heteroatoms. The molecule has 1 atom stereocenters. The van der Waals surface area contributed by atoms with E-state index in [1.165, 1.54) is 12.1 Å². The number of hydrogen-bond acceptors (Lipinski definition) is 6. The zero-order valence-corrected chi connectivity index (χ0v) is 17.3. The summed E-state index contributed by atoms with van der Waals surface area (Å²) in [6.07, 6.45) is 2.23. The van der Waals surface area contributed by atoms with E-state index in [0.29, 0.717) is 13.2 Å². The monoisotopic (exact) mass is 413 g/mol. The Morgan fingerprint density at radius 2 is 1.93 bits per heavy atom. The van der Waals surface area contributed by atoms with Gasteiger partial charge in [-0.1, -0.05) is 18.2 Å². The Labute approximate surface area is 175 Å². The Balaban J connectivity index is 1.79. The summed E-state index contributed by atoms with van der Waals surface area (Å²) < 4.78 is 10.8. The molecule has 0 bridgehead atoms. The number of ether oxygens (including phenoxy) is 2. The van der Waals surface area contributed by atoms with Crippen LogP contribution in [0.3, 0.4) is 0 Å². The number of para-hydroxylation sites is 1. The number of likely N-dealkylation sites (tertiary alicyclic amines) is 1. The van der Waals surface area contributed by atoms with E-state index in [4.69, 9.17) is 9.47 Å². The van der Waals surface area contributed by atoms with Crippen LogP contribution in [0, 0.1) is 10.1 Å². The standard InChI is InChI=1S/C22H27N3O5/c1-3-30-21-11-10-16(14-18(21)25(27)28)22(26)23-15-19(24-12-6-7-13-24)17-8-4-5-9-20(17)29-2/h4-5,8-11,14,19H,3,6-7,12-13,15H2,1-2H3,(H,23,26). The molecule has 1 saturated heterocycles. The van der Waals surface area contributed by atoms with E-state index in [2.05, 4.69) is 10.2 Å². The smallest absolute Gasteiger partial charge is 0.311 e. The minimum atomic E-state index is -0.538. The number of carbonyl (C=O) groups is 1. The topological polar surface area (TPSA) is 93.9 Å². The van der Waals surface area contributed by atoms with Crippen LogP contribution in [-0.4, -0.2) is 49.1 Å². The Hall–Kier alpha value is -3.13. The lowest BCUT2D eigenvalue weighted by Gasteiger charge is -2.29. The van der Waals surface area contributed by atoms with Crippen molar-refractivity contribution in [3.05, 3.63) is 63.7 Å². The third-order valence-corrected chi connectivity index (χ3v) is 5.25. The van der Waals surface area contributed by atoms with Crippen molar-refractivity contribution in [2.24, 2.45) is 0 Å². The molecule has 0 spiro atoms. The van der Waals surface area contributed by atoms with Crippen molar-refractivity contribution in [2.45, 2.75) is 25.8 Å². The summed E-state index contributed by atoms with van der Waals surface area (Å²) in [6, 6.07) is 12.0. The highest BCUT2D eigenvalue weighted by Crippen LogP contribution is 2.32. The van der Waals surface area contributed by atoms with Gasteiger partial charge in [0.15, 0.2) is 5.75 Å². The van der Waals surface area contributed by atoms with E-state index in [0.717, 1.165) is 37.2 Å². The third kappa shape index (κ3) is 4.88. The van der Waals surface area contributed by atoms with Crippen molar-refractivity contribution in [1.29, 1.82) is 0 Å². The number of benzene rings is 2. The first kappa shape index (κ1) is 21.6. The van der Waals surface area contributed by atoms with E-state index >= 15 is 0 Å². The van der Waals surface area contributed by atoms with E-state index in [1.807, 2.05) is 24.3 Å². The molecular weight excluding hydrogens is 386 g/mol. The molecule has 1 heterocycles. The number of nitrogens with one attached hydrogen (secondary N) is 1. The van der Waals surface area contributed by atoms with Gasteiger partial charge in [0.25, 0.3) is 5.91 Å². The highest BCUT2D eigenvalue weighted by atomic mass is 16.6. The van der Waals surface area contributed by atoms with Crippen LogP contribution in [0.2, 0.25) is 0 Å². The van der Waals surface area contributed by atoms with Crippen molar-refractivity contribution in [1.82, 2.24) is 10.2 Å². The van der Waals surface area contributed by atoms with E-state index < -0.39 is 4.92 Å². The molecule has 0 aromatic heterocycles. The van der Waals surface area contributed by atoms with Gasteiger partial charge in [0.2, 0.25) is 0 Å². The molecule has 1 aliphatic rings. The summed E-state index contributed by atoms with van der Waals surface area (Å²) in [4.78, 5) is 25.9. The van der Waals surface area contributed by atoms with Crippen LogP contribution >= 0.6 is 0 Å². The molecule has 0 aliphatic carbocycles. The second kappa shape index (κ2) is 10.1. The quantitative estimate of drug-likeness (QED) is 0.499. The van der Waals surface area contributed by atoms with Gasteiger partial charge in [-0.3, -0.25) is 19.8 Å². The van der Waals surface area contributed by atoms with Crippen LogP contribution < -0.4 is 14.8 Å². The molecule has 1 fully saturated rings. The number of amides is 1. The predicted octanol–water partition coefficient (Wildman–Crippen LogP) is 3.57. The largest absolute Gasteiger partial charge is 0.496 e. The lowest BCUT2D eigenvalue weighted by Crippen LogP contribution is -2.37. The average Bonchev–Trinajstić information content (AvgIpc) is 3.29. The van der Waals surface area contributed by atoms with Gasteiger partial charge in [-0.15, -0.1) is 0 Å². The molecule has 160 valence electrons. The lowest BCUT2D eigenvalue weighted by atomic mass is 10.0. The molecule has 1 unspecified atom stereocenters. The summed E-state index contributed by atoms with van der Waals surface area (Å²) >= 11 is 0. The molecule has 1 amide bonds. The summed E-state index contributed by atoms with van der Waals surface area (Å²) in [5, 5.41) is 14.3. The van der Waals surface area contributed by atoms with E-state index in [1.54, 1.807) is 20.1 Å². The van der Waals surface area contributed by atoms with Gasteiger partial charge in [0.1, 0.15) is 5.75 Å².